The van der Waals surface area contributed by atoms with Crippen molar-refractivity contribution < 1.29 is 16.8 Å². The van der Waals surface area contributed by atoms with Crippen LogP contribution in [-0.2, 0) is 20.0 Å². The van der Waals surface area contributed by atoms with Crippen molar-refractivity contribution in [2.24, 2.45) is 0 Å². The zero-order valence-corrected chi connectivity index (χ0v) is 11.9. The van der Waals surface area contributed by atoms with E-state index >= 15 is 0 Å². The van der Waals surface area contributed by atoms with Gasteiger partial charge in [-0.1, -0.05) is 18.2 Å². The molecule has 1 aromatic carbocycles. The molecule has 0 spiro atoms. The Morgan fingerprint density at radius 2 is 1.58 bits per heavy atom. The molecule has 1 fully saturated rings. The third kappa shape index (κ3) is 3.53. The summed E-state index contributed by atoms with van der Waals surface area (Å²) < 4.78 is 49.9. The molecule has 8 heteroatoms. The molecule has 0 unspecified atom stereocenters. The van der Waals surface area contributed by atoms with E-state index < -0.39 is 25.3 Å². The van der Waals surface area contributed by atoms with Crippen molar-refractivity contribution in [3.63, 3.8) is 0 Å². The molecule has 1 saturated heterocycles. The quantitative estimate of drug-likeness (QED) is 0.820. The molecular formula is C11H16N2O4S2. The number of piperidine rings is 1. The third-order valence-corrected chi connectivity index (χ3v) is 7.05. The highest BCUT2D eigenvalue weighted by Gasteiger charge is 2.31. The standard InChI is InChI=1S/C11H16N2O4S2/c14-18(15,10-4-2-1-3-5-10)13-19(16,17)11-6-8-12-9-7-11/h1-5,11-13H,6-9H2. The highest BCUT2D eigenvalue weighted by molar-refractivity contribution is 8.05. The lowest BCUT2D eigenvalue weighted by Crippen LogP contribution is -2.43. The summed E-state index contributed by atoms with van der Waals surface area (Å²) in [6.07, 6.45) is 0.833. The maximum Gasteiger partial charge on any atom is 0.253 e. The van der Waals surface area contributed by atoms with Crippen molar-refractivity contribution in [3.8, 4) is 0 Å². The molecular weight excluding hydrogens is 288 g/mol. The minimum Gasteiger partial charge on any atom is -0.317 e. The van der Waals surface area contributed by atoms with Crippen molar-refractivity contribution in [1.82, 2.24) is 9.44 Å². The lowest BCUT2D eigenvalue weighted by atomic mass is 10.2. The number of hydrogen-bond donors (Lipinski definition) is 2. The molecule has 6 nitrogen and oxygen atoms in total. The Kier molecular flexibility index (Phi) is 4.24. The lowest BCUT2D eigenvalue weighted by molar-refractivity contribution is 0.493. The van der Waals surface area contributed by atoms with Gasteiger partial charge >= 0.3 is 0 Å². The molecule has 0 atom stereocenters. The zero-order valence-electron chi connectivity index (χ0n) is 10.2. The summed E-state index contributed by atoms with van der Waals surface area (Å²) in [5.74, 6) is 0. The van der Waals surface area contributed by atoms with Crippen molar-refractivity contribution in [2.45, 2.75) is 23.0 Å². The number of hydrogen-bond acceptors (Lipinski definition) is 5. The van der Waals surface area contributed by atoms with E-state index in [0.717, 1.165) is 0 Å². The molecule has 0 aromatic heterocycles. The van der Waals surface area contributed by atoms with Gasteiger partial charge in [0.05, 0.1) is 10.1 Å². The van der Waals surface area contributed by atoms with E-state index in [1.807, 2.05) is 4.13 Å². The fraction of sp³-hybridized carbons (Fsp3) is 0.455. The van der Waals surface area contributed by atoms with Gasteiger partial charge in [-0.15, -0.1) is 4.13 Å². The van der Waals surface area contributed by atoms with Crippen LogP contribution in [0, 0.1) is 0 Å². The van der Waals surface area contributed by atoms with E-state index in [-0.39, 0.29) is 4.90 Å². The van der Waals surface area contributed by atoms with Crippen LogP contribution in [0.15, 0.2) is 35.2 Å². The average Bonchev–Trinajstić information content (AvgIpc) is 2.40. The minimum absolute atomic E-state index is 0.0486. The summed E-state index contributed by atoms with van der Waals surface area (Å²) in [6, 6.07) is 7.48. The number of rotatable bonds is 4. The Balaban J connectivity index is 2.20. The average molecular weight is 304 g/mol. The largest absolute Gasteiger partial charge is 0.317 e. The summed E-state index contributed by atoms with van der Waals surface area (Å²) in [7, 11) is -7.89. The van der Waals surface area contributed by atoms with E-state index in [2.05, 4.69) is 5.32 Å². The second kappa shape index (κ2) is 5.58. The molecule has 0 radical (unpaired) electrons. The Hall–Kier alpha value is -0.960. The molecule has 0 saturated carbocycles. The molecule has 1 aliphatic heterocycles. The highest BCUT2D eigenvalue weighted by atomic mass is 32.3. The summed E-state index contributed by atoms with van der Waals surface area (Å²) in [5.41, 5.74) is 0. The van der Waals surface area contributed by atoms with Crippen LogP contribution in [0.5, 0.6) is 0 Å². The van der Waals surface area contributed by atoms with Gasteiger partial charge in [0.15, 0.2) is 0 Å². The van der Waals surface area contributed by atoms with E-state index in [1.54, 1.807) is 18.2 Å². The van der Waals surface area contributed by atoms with E-state index in [9.17, 15) is 16.8 Å². The highest BCUT2D eigenvalue weighted by Crippen LogP contribution is 2.15. The van der Waals surface area contributed by atoms with Gasteiger partial charge in [-0.3, -0.25) is 0 Å². The fourth-order valence-corrected chi connectivity index (χ4v) is 5.50. The second-order valence-corrected chi connectivity index (χ2v) is 8.30. The number of sulfonamides is 2. The fourth-order valence-electron chi connectivity index (χ4n) is 1.97. The van der Waals surface area contributed by atoms with Gasteiger partial charge in [0, 0.05) is 0 Å². The molecule has 106 valence electrons. The van der Waals surface area contributed by atoms with Crippen LogP contribution < -0.4 is 9.44 Å². The van der Waals surface area contributed by atoms with Crippen molar-refractivity contribution in [3.05, 3.63) is 30.3 Å². The SMILES string of the molecule is O=S(=O)(NS(=O)(=O)C1CCNCC1)c1ccccc1. The van der Waals surface area contributed by atoms with E-state index in [0.29, 0.717) is 25.9 Å². The summed E-state index contributed by atoms with van der Waals surface area (Å²) >= 11 is 0. The first kappa shape index (κ1) is 14.4. The first-order chi connectivity index (χ1) is 8.92. The third-order valence-electron chi connectivity index (χ3n) is 3.00. The maximum atomic E-state index is 12.1. The first-order valence-corrected chi connectivity index (χ1v) is 8.98. The summed E-state index contributed by atoms with van der Waals surface area (Å²) in [5, 5.41) is 2.38. The van der Waals surface area contributed by atoms with Crippen LogP contribution in [0.2, 0.25) is 0 Å². The van der Waals surface area contributed by atoms with Crippen LogP contribution in [0.1, 0.15) is 12.8 Å². The first-order valence-electron chi connectivity index (χ1n) is 5.95. The summed E-state index contributed by atoms with van der Waals surface area (Å²) in [6.45, 7) is 1.16. The van der Waals surface area contributed by atoms with Crippen LogP contribution in [0.25, 0.3) is 0 Å². The molecule has 0 amide bonds. The number of nitrogens with one attached hydrogen (secondary N) is 2. The smallest absolute Gasteiger partial charge is 0.253 e. The minimum atomic E-state index is -4.03. The molecule has 1 heterocycles. The lowest BCUT2D eigenvalue weighted by Gasteiger charge is -2.22. The molecule has 0 bridgehead atoms. The van der Waals surface area contributed by atoms with Crippen molar-refractivity contribution in [2.75, 3.05) is 13.1 Å². The van der Waals surface area contributed by atoms with Crippen molar-refractivity contribution in [1.29, 1.82) is 0 Å². The normalized spacial score (nSPS) is 18.3. The van der Waals surface area contributed by atoms with Gasteiger partial charge in [0.2, 0.25) is 10.0 Å². The van der Waals surface area contributed by atoms with Gasteiger partial charge < -0.3 is 5.32 Å². The Labute approximate surface area is 113 Å². The van der Waals surface area contributed by atoms with Gasteiger partial charge in [-0.05, 0) is 38.1 Å². The molecule has 1 aliphatic rings. The Morgan fingerprint density at radius 3 is 2.16 bits per heavy atom. The number of benzene rings is 1. The second-order valence-electron chi connectivity index (χ2n) is 4.39. The predicted octanol–water partition coefficient (Wildman–Crippen LogP) is 0.0467. The van der Waals surface area contributed by atoms with Crippen LogP contribution in [0.4, 0.5) is 0 Å². The summed E-state index contributed by atoms with van der Waals surface area (Å²) in [4.78, 5) is -0.0486. The van der Waals surface area contributed by atoms with E-state index in [4.69, 9.17) is 0 Å². The maximum absolute atomic E-state index is 12.1. The Morgan fingerprint density at radius 1 is 1.00 bits per heavy atom. The van der Waals surface area contributed by atoms with Crippen LogP contribution in [0.3, 0.4) is 0 Å². The van der Waals surface area contributed by atoms with Gasteiger partial charge in [0.25, 0.3) is 10.0 Å². The predicted molar refractivity (Wildman–Crippen MR) is 71.6 cm³/mol. The van der Waals surface area contributed by atoms with Gasteiger partial charge in [-0.2, -0.15) is 0 Å². The zero-order chi connectivity index (χ0) is 13.9. The molecule has 1 aromatic rings. The van der Waals surface area contributed by atoms with Gasteiger partial charge in [0.1, 0.15) is 0 Å². The van der Waals surface area contributed by atoms with E-state index in [1.165, 1.54) is 12.1 Å². The monoisotopic (exact) mass is 304 g/mol. The van der Waals surface area contributed by atoms with Gasteiger partial charge in [-0.25, -0.2) is 16.8 Å². The molecule has 0 aliphatic carbocycles. The van der Waals surface area contributed by atoms with Crippen LogP contribution in [-0.4, -0.2) is 35.2 Å². The Bertz CT molecular complexity index is 620. The topological polar surface area (TPSA) is 92.3 Å². The molecule has 2 N–H and O–H groups in total. The van der Waals surface area contributed by atoms with Crippen LogP contribution >= 0.6 is 0 Å². The molecule has 2 rings (SSSR count). The molecule has 19 heavy (non-hydrogen) atoms. The van der Waals surface area contributed by atoms with Crippen molar-refractivity contribution >= 4 is 20.0 Å².